The third-order valence-corrected chi connectivity index (χ3v) is 3.51. The van der Waals surface area contributed by atoms with E-state index < -0.39 is 27.1 Å². The van der Waals surface area contributed by atoms with Crippen LogP contribution in [-0.4, -0.2) is 27.5 Å². The van der Waals surface area contributed by atoms with Crippen LogP contribution in [0.25, 0.3) is 0 Å². The molecular formula is C17H14N4O6S. The summed E-state index contributed by atoms with van der Waals surface area (Å²) < 4.78 is 5.46. The van der Waals surface area contributed by atoms with Gasteiger partial charge in [-0.1, -0.05) is 24.8 Å². The molecule has 0 aliphatic carbocycles. The Hall–Kier alpha value is -3.86. The zero-order chi connectivity index (χ0) is 20.7. The average molecular weight is 402 g/mol. The highest BCUT2D eigenvalue weighted by atomic mass is 32.1. The summed E-state index contributed by atoms with van der Waals surface area (Å²) in [4.78, 5) is 32.5. The van der Waals surface area contributed by atoms with Crippen LogP contribution in [0.15, 0.2) is 55.1 Å². The molecule has 1 amide bonds. The van der Waals surface area contributed by atoms with Gasteiger partial charge < -0.3 is 10.1 Å². The van der Waals surface area contributed by atoms with Crippen molar-refractivity contribution in [2.24, 2.45) is 0 Å². The number of hydrogen-bond donors (Lipinski definition) is 2. The molecule has 11 heteroatoms. The lowest BCUT2D eigenvalue weighted by atomic mass is 10.1. The quantitative estimate of drug-likeness (QED) is 0.312. The van der Waals surface area contributed by atoms with Gasteiger partial charge in [-0.05, 0) is 24.4 Å². The van der Waals surface area contributed by atoms with Crippen LogP contribution in [-0.2, 0) is 0 Å². The van der Waals surface area contributed by atoms with E-state index in [4.69, 9.17) is 17.0 Å². The number of thiocarbonyl (C=S) groups is 1. The molecule has 0 aliphatic heterocycles. The molecule has 0 atom stereocenters. The van der Waals surface area contributed by atoms with E-state index in [1.54, 1.807) is 30.3 Å². The van der Waals surface area contributed by atoms with Crippen LogP contribution in [0.1, 0.15) is 10.4 Å². The molecule has 0 fully saturated rings. The maximum Gasteiger partial charge on any atom is 0.277 e. The van der Waals surface area contributed by atoms with E-state index in [0.717, 1.165) is 18.2 Å². The molecular weight excluding hydrogens is 388 g/mol. The van der Waals surface area contributed by atoms with Gasteiger partial charge in [0.25, 0.3) is 17.3 Å². The zero-order valence-electron chi connectivity index (χ0n) is 14.3. The van der Waals surface area contributed by atoms with Crippen LogP contribution in [0, 0.1) is 20.2 Å². The van der Waals surface area contributed by atoms with E-state index in [1.807, 2.05) is 0 Å². The number of anilines is 1. The Bertz CT molecular complexity index is 930. The Morgan fingerprint density at radius 1 is 1.14 bits per heavy atom. The number of rotatable bonds is 7. The fraction of sp³-hybridized carbons (Fsp3) is 0.0588. The van der Waals surface area contributed by atoms with Crippen molar-refractivity contribution in [3.63, 3.8) is 0 Å². The van der Waals surface area contributed by atoms with Crippen LogP contribution in [0.3, 0.4) is 0 Å². The Balaban J connectivity index is 2.17. The molecule has 0 heterocycles. The fourth-order valence-corrected chi connectivity index (χ4v) is 2.31. The molecule has 2 aromatic carbocycles. The van der Waals surface area contributed by atoms with Gasteiger partial charge in [0.15, 0.2) is 5.11 Å². The third kappa shape index (κ3) is 5.32. The summed E-state index contributed by atoms with van der Waals surface area (Å²) in [6, 6.07) is 9.42. The van der Waals surface area contributed by atoms with Gasteiger partial charge in [-0.3, -0.25) is 30.3 Å². The Kier molecular flexibility index (Phi) is 6.71. The standard InChI is InChI=1S/C17H14N4O6S/c1-2-7-27-15-6-4-3-5-14(15)18-17(28)19-16(22)11-8-12(20(23)24)10-13(9-11)21(25)26/h2-6,8-10H,1,7H2,(H2,18,19,22,28). The van der Waals surface area contributed by atoms with Crippen molar-refractivity contribution in [3.05, 3.63) is 80.9 Å². The van der Waals surface area contributed by atoms with Crippen molar-refractivity contribution >= 4 is 40.3 Å². The van der Waals surface area contributed by atoms with E-state index >= 15 is 0 Å². The smallest absolute Gasteiger partial charge is 0.277 e. The first-order valence-electron chi connectivity index (χ1n) is 7.70. The molecule has 0 bridgehead atoms. The Morgan fingerprint density at radius 3 is 2.32 bits per heavy atom. The summed E-state index contributed by atoms with van der Waals surface area (Å²) in [5.41, 5.74) is -0.969. The maximum atomic E-state index is 12.3. The lowest BCUT2D eigenvalue weighted by Crippen LogP contribution is -2.34. The number of ether oxygens (including phenoxy) is 1. The van der Waals surface area contributed by atoms with E-state index in [-0.39, 0.29) is 17.3 Å². The van der Waals surface area contributed by atoms with Gasteiger partial charge in [0.2, 0.25) is 0 Å². The SMILES string of the molecule is C=CCOc1ccccc1NC(=S)NC(=O)c1cc([N+](=O)[O-])cc([N+](=O)[O-])c1. The van der Waals surface area contributed by atoms with Crippen molar-refractivity contribution in [2.45, 2.75) is 0 Å². The van der Waals surface area contributed by atoms with Crippen LogP contribution in [0.2, 0.25) is 0 Å². The van der Waals surface area contributed by atoms with Crippen LogP contribution < -0.4 is 15.4 Å². The molecule has 0 aliphatic rings. The summed E-state index contributed by atoms with van der Waals surface area (Å²) in [5, 5.41) is 26.8. The van der Waals surface area contributed by atoms with Crippen LogP contribution >= 0.6 is 12.2 Å². The normalized spacial score (nSPS) is 9.86. The number of nitrogens with zero attached hydrogens (tertiary/aromatic N) is 2. The monoisotopic (exact) mass is 402 g/mol. The highest BCUT2D eigenvalue weighted by molar-refractivity contribution is 7.80. The van der Waals surface area contributed by atoms with E-state index in [9.17, 15) is 25.0 Å². The van der Waals surface area contributed by atoms with Gasteiger partial charge in [-0.2, -0.15) is 0 Å². The second-order valence-electron chi connectivity index (χ2n) is 5.26. The minimum atomic E-state index is -0.839. The van der Waals surface area contributed by atoms with Gasteiger partial charge in [0.1, 0.15) is 12.4 Å². The fourth-order valence-electron chi connectivity index (χ4n) is 2.11. The molecule has 144 valence electrons. The predicted octanol–water partition coefficient (Wildman–Crippen LogP) is 3.19. The van der Waals surface area contributed by atoms with Crippen LogP contribution in [0.4, 0.5) is 17.1 Å². The number of hydrogen-bond acceptors (Lipinski definition) is 7. The summed E-state index contributed by atoms with van der Waals surface area (Å²) in [7, 11) is 0. The molecule has 0 saturated heterocycles. The summed E-state index contributed by atoms with van der Waals surface area (Å²) >= 11 is 5.07. The van der Waals surface area contributed by atoms with Crippen molar-refractivity contribution in [1.82, 2.24) is 5.32 Å². The number of para-hydroxylation sites is 2. The third-order valence-electron chi connectivity index (χ3n) is 3.31. The number of nitro groups is 2. The van der Waals surface area contributed by atoms with Crippen LogP contribution in [0.5, 0.6) is 5.75 Å². The highest BCUT2D eigenvalue weighted by Crippen LogP contribution is 2.24. The second-order valence-corrected chi connectivity index (χ2v) is 5.66. The van der Waals surface area contributed by atoms with Gasteiger partial charge >= 0.3 is 0 Å². The van der Waals surface area contributed by atoms with Gasteiger partial charge in [-0.15, -0.1) is 0 Å². The molecule has 0 aromatic heterocycles. The lowest BCUT2D eigenvalue weighted by Gasteiger charge is -2.13. The lowest BCUT2D eigenvalue weighted by molar-refractivity contribution is -0.394. The first-order valence-corrected chi connectivity index (χ1v) is 8.11. The Morgan fingerprint density at radius 2 is 1.75 bits per heavy atom. The Labute approximate surface area is 164 Å². The molecule has 28 heavy (non-hydrogen) atoms. The van der Waals surface area contributed by atoms with E-state index in [2.05, 4.69) is 17.2 Å². The van der Waals surface area contributed by atoms with E-state index in [1.165, 1.54) is 0 Å². The van der Waals surface area contributed by atoms with Crippen molar-refractivity contribution in [1.29, 1.82) is 0 Å². The first kappa shape index (κ1) is 20.5. The predicted molar refractivity (Wildman–Crippen MR) is 106 cm³/mol. The van der Waals surface area contributed by atoms with Gasteiger partial charge in [0.05, 0.1) is 27.2 Å². The van der Waals surface area contributed by atoms with Crippen molar-refractivity contribution in [2.75, 3.05) is 11.9 Å². The number of carbonyl (C=O) groups is 1. The van der Waals surface area contributed by atoms with E-state index in [0.29, 0.717) is 11.4 Å². The number of nitrogens with one attached hydrogen (secondary N) is 2. The van der Waals surface area contributed by atoms with Gasteiger partial charge in [-0.25, -0.2) is 0 Å². The summed E-state index contributed by atoms with van der Waals surface area (Å²) in [5.74, 6) is -0.376. The average Bonchev–Trinajstić information content (AvgIpc) is 2.66. The topological polar surface area (TPSA) is 137 Å². The summed E-state index contributed by atoms with van der Waals surface area (Å²) in [6.45, 7) is 3.81. The van der Waals surface area contributed by atoms with Gasteiger partial charge in [0, 0.05) is 12.1 Å². The molecule has 0 saturated carbocycles. The minimum absolute atomic E-state index is 0.117. The highest BCUT2D eigenvalue weighted by Gasteiger charge is 2.20. The molecule has 0 radical (unpaired) electrons. The zero-order valence-corrected chi connectivity index (χ0v) is 15.1. The number of benzene rings is 2. The molecule has 2 N–H and O–H groups in total. The largest absolute Gasteiger partial charge is 0.487 e. The number of non-ortho nitro benzene ring substituents is 2. The van der Waals surface area contributed by atoms with Crippen molar-refractivity contribution in [3.8, 4) is 5.75 Å². The second kappa shape index (κ2) is 9.19. The van der Waals surface area contributed by atoms with Crippen molar-refractivity contribution < 1.29 is 19.4 Å². The first-order chi connectivity index (χ1) is 13.3. The number of nitro benzene ring substituents is 2. The molecule has 2 rings (SSSR count). The molecule has 0 unspecified atom stereocenters. The summed E-state index contributed by atoms with van der Waals surface area (Å²) in [6.07, 6.45) is 1.56. The molecule has 0 spiro atoms. The minimum Gasteiger partial charge on any atom is -0.487 e. The molecule has 2 aromatic rings. The number of amides is 1. The molecule has 10 nitrogen and oxygen atoms in total. The maximum absolute atomic E-state index is 12.3. The number of carbonyl (C=O) groups excluding carboxylic acids is 1.